The number of aliphatic hydroxyl groups is 1. The van der Waals surface area contributed by atoms with Gasteiger partial charge in [0.15, 0.2) is 11.6 Å². The van der Waals surface area contributed by atoms with Crippen molar-refractivity contribution in [1.82, 2.24) is 10.6 Å². The Morgan fingerprint density at radius 2 is 1.17 bits per heavy atom. The van der Waals surface area contributed by atoms with Crippen LogP contribution in [0.25, 0.3) is 0 Å². The zero-order valence-corrected chi connectivity index (χ0v) is 37.2. The van der Waals surface area contributed by atoms with Crippen LogP contribution in [0.3, 0.4) is 0 Å². The quantitative estimate of drug-likeness (QED) is 0.0503. The molecule has 0 aliphatic rings. The fourth-order valence-corrected chi connectivity index (χ4v) is 7.25. The minimum Gasteiger partial charge on any atom is -0.481 e. The number of carboxylic acid groups (broad SMARTS) is 3. The van der Waals surface area contributed by atoms with Gasteiger partial charge in [0.1, 0.15) is 11.6 Å². The second kappa shape index (κ2) is 27.6. The van der Waals surface area contributed by atoms with Crippen molar-refractivity contribution in [3.63, 3.8) is 0 Å². The second-order valence-corrected chi connectivity index (χ2v) is 17.5. The van der Waals surface area contributed by atoms with E-state index in [2.05, 4.69) is 10.6 Å². The molecule has 0 aromatic heterocycles. The zero-order chi connectivity index (χ0) is 48.1. The summed E-state index contributed by atoms with van der Waals surface area (Å²) in [4.78, 5) is 126. The number of ketones is 4. The largest absolute Gasteiger partial charge is 0.481 e. The molecule has 1 aromatic carbocycles. The first-order valence-corrected chi connectivity index (χ1v) is 21.5. The molecule has 0 fully saturated rings. The Hall–Kier alpha value is -5.36. The van der Waals surface area contributed by atoms with Gasteiger partial charge in [0.05, 0.1) is 36.6 Å². The standard InChI is InChI=1S/C45H68N4O14/c1-24(2)16-29(20-39(54)34(23-40(47)55)49-44(61)31(25(3)4)22-37(52)32(46)12-14-41(56)57)36(51)17-26(5)35(50)18-27(6)43(60)48-33(13-15-42(58)59)38(53)21-30(45(62)63)19-28-10-8-7-9-11-28/h7-11,24-27,29-34,36,51H,12-23,46H2,1-6H3,(H2,47,55)(H,48,60)(H,49,61)(H,56,57)(H,58,59)(H,62,63)/t26-,27?,29?,30?,31?,32+,33+,34+,36+/m1/s1. The summed E-state index contributed by atoms with van der Waals surface area (Å²) >= 11 is 0. The Morgan fingerprint density at radius 1 is 0.619 bits per heavy atom. The van der Waals surface area contributed by atoms with Gasteiger partial charge < -0.3 is 42.5 Å². The molecule has 0 spiro atoms. The third-order valence-electron chi connectivity index (χ3n) is 11.1. The minimum absolute atomic E-state index is 0.0324. The molecule has 63 heavy (non-hydrogen) atoms. The van der Waals surface area contributed by atoms with E-state index in [0.717, 1.165) is 0 Å². The second-order valence-electron chi connectivity index (χ2n) is 17.5. The van der Waals surface area contributed by atoms with Crippen molar-refractivity contribution in [3.8, 4) is 0 Å². The van der Waals surface area contributed by atoms with Crippen LogP contribution in [0.4, 0.5) is 0 Å². The fraction of sp³-hybridized carbons (Fsp3) is 0.644. The lowest BCUT2D eigenvalue weighted by molar-refractivity contribution is -0.144. The van der Waals surface area contributed by atoms with Gasteiger partial charge in [0.2, 0.25) is 17.7 Å². The van der Waals surface area contributed by atoms with Crippen LogP contribution in [-0.2, 0) is 54.4 Å². The highest BCUT2D eigenvalue weighted by atomic mass is 16.4. The Kier molecular flexibility index (Phi) is 24.4. The number of amides is 3. The monoisotopic (exact) mass is 888 g/mol. The van der Waals surface area contributed by atoms with Crippen molar-refractivity contribution in [2.24, 2.45) is 52.9 Å². The van der Waals surface area contributed by atoms with Crippen molar-refractivity contribution in [2.45, 2.75) is 143 Å². The van der Waals surface area contributed by atoms with Crippen molar-refractivity contribution in [3.05, 3.63) is 35.9 Å². The first-order valence-electron chi connectivity index (χ1n) is 21.5. The van der Waals surface area contributed by atoms with Crippen molar-refractivity contribution < 1.29 is 68.4 Å². The van der Waals surface area contributed by atoms with Crippen molar-refractivity contribution in [1.29, 1.82) is 0 Å². The molecule has 0 aliphatic carbocycles. The van der Waals surface area contributed by atoms with Crippen LogP contribution in [0.1, 0.15) is 118 Å². The summed E-state index contributed by atoms with van der Waals surface area (Å²) in [6, 6.07) is 4.77. The van der Waals surface area contributed by atoms with Crippen LogP contribution in [0, 0.1) is 41.4 Å². The van der Waals surface area contributed by atoms with Gasteiger partial charge in [-0.15, -0.1) is 0 Å². The number of benzene rings is 1. The minimum atomic E-state index is -1.41. The molecule has 9 atom stereocenters. The molecule has 10 N–H and O–H groups in total. The summed E-state index contributed by atoms with van der Waals surface area (Å²) in [5, 5.41) is 44.5. The molecular formula is C45H68N4O14. The Labute approximate surface area is 368 Å². The molecular weight excluding hydrogens is 821 g/mol. The number of nitrogens with two attached hydrogens (primary N) is 2. The molecule has 0 radical (unpaired) electrons. The summed E-state index contributed by atoms with van der Waals surface area (Å²) in [6.07, 6.45) is -4.30. The maximum atomic E-state index is 13.7. The average molecular weight is 889 g/mol. The van der Waals surface area contributed by atoms with Gasteiger partial charge in [0.25, 0.3) is 0 Å². The van der Waals surface area contributed by atoms with Crippen LogP contribution >= 0.6 is 0 Å². The van der Waals surface area contributed by atoms with E-state index in [0.29, 0.717) is 12.0 Å². The third kappa shape index (κ3) is 21.5. The van der Waals surface area contributed by atoms with Crippen LogP contribution in [-0.4, -0.2) is 103 Å². The van der Waals surface area contributed by atoms with E-state index in [-0.39, 0.29) is 57.3 Å². The smallest absolute Gasteiger partial charge is 0.307 e. The summed E-state index contributed by atoms with van der Waals surface area (Å²) in [7, 11) is 0. The number of aliphatic carboxylic acids is 3. The van der Waals surface area contributed by atoms with E-state index < -0.39 is 138 Å². The number of carbonyl (C=O) groups is 10. The van der Waals surface area contributed by atoms with Crippen LogP contribution in [0.15, 0.2) is 30.3 Å². The van der Waals surface area contributed by atoms with Crippen LogP contribution in [0.2, 0.25) is 0 Å². The number of hydrogen-bond donors (Lipinski definition) is 8. The molecule has 4 unspecified atom stereocenters. The molecule has 18 heteroatoms. The summed E-state index contributed by atoms with van der Waals surface area (Å²) in [5.74, 6) is -13.4. The predicted octanol–water partition coefficient (Wildman–Crippen LogP) is 2.63. The Bertz CT molecular complexity index is 1750. The van der Waals surface area contributed by atoms with Crippen molar-refractivity contribution >= 4 is 58.8 Å². The normalized spacial score (nSPS) is 15.7. The maximum Gasteiger partial charge on any atom is 0.307 e. The Balaban J connectivity index is 3.07. The zero-order valence-electron chi connectivity index (χ0n) is 37.2. The number of rotatable bonds is 33. The number of Topliss-reactive ketones (excluding diaryl/α,β-unsaturated/α-hetero) is 4. The lowest BCUT2D eigenvalue weighted by atomic mass is 9.81. The molecule has 0 saturated heterocycles. The number of aliphatic hydroxyl groups excluding tert-OH is 1. The highest BCUT2D eigenvalue weighted by molar-refractivity contribution is 5.96. The number of hydrogen-bond acceptors (Lipinski definition) is 12. The van der Waals surface area contributed by atoms with Gasteiger partial charge in [-0.25, -0.2) is 0 Å². The van der Waals surface area contributed by atoms with Crippen LogP contribution in [0.5, 0.6) is 0 Å². The molecule has 1 rings (SSSR count). The van der Waals surface area contributed by atoms with Crippen LogP contribution < -0.4 is 22.1 Å². The van der Waals surface area contributed by atoms with Crippen molar-refractivity contribution in [2.75, 3.05) is 0 Å². The van der Waals surface area contributed by atoms with E-state index in [1.54, 1.807) is 51.1 Å². The van der Waals surface area contributed by atoms with E-state index >= 15 is 0 Å². The Morgan fingerprint density at radius 3 is 1.70 bits per heavy atom. The molecule has 1 aromatic rings. The lowest BCUT2D eigenvalue weighted by Crippen LogP contribution is -2.48. The maximum absolute atomic E-state index is 13.7. The number of primary amides is 1. The van der Waals surface area contributed by atoms with Gasteiger partial charge in [-0.2, -0.15) is 0 Å². The number of carboxylic acids is 3. The lowest BCUT2D eigenvalue weighted by Gasteiger charge is -2.29. The third-order valence-corrected chi connectivity index (χ3v) is 11.1. The van der Waals surface area contributed by atoms with Gasteiger partial charge >= 0.3 is 17.9 Å². The van der Waals surface area contributed by atoms with E-state index in [1.165, 1.54) is 6.92 Å². The molecule has 0 bridgehead atoms. The topological polar surface area (TPSA) is 328 Å². The molecule has 0 heterocycles. The highest BCUT2D eigenvalue weighted by Crippen LogP contribution is 2.27. The number of nitrogens with one attached hydrogen (secondary N) is 2. The summed E-state index contributed by atoms with van der Waals surface area (Å²) in [6.45, 7) is 10.0. The average Bonchev–Trinajstić information content (AvgIpc) is 3.18. The van der Waals surface area contributed by atoms with Gasteiger partial charge in [-0.1, -0.05) is 71.9 Å². The SMILES string of the molecule is CC(C)CC(CC(=O)[C@H](CC(N)=O)NC(=O)C(CC(=O)[C@@H](N)CCC(=O)O)C(C)C)[C@@H](O)C[C@@H](C)C(=O)CC(C)C(=O)N[C@@H](CCC(=O)O)C(=O)CC(Cc1ccccc1)C(=O)O. The summed E-state index contributed by atoms with van der Waals surface area (Å²) in [5.41, 5.74) is 12.0. The van der Waals surface area contributed by atoms with E-state index in [1.807, 2.05) is 13.8 Å². The highest BCUT2D eigenvalue weighted by Gasteiger charge is 2.35. The molecule has 352 valence electrons. The molecule has 3 amide bonds. The first-order chi connectivity index (χ1) is 29.3. The van der Waals surface area contributed by atoms with E-state index in [4.69, 9.17) is 16.6 Å². The fourth-order valence-electron chi connectivity index (χ4n) is 7.25. The first kappa shape index (κ1) is 55.7. The summed E-state index contributed by atoms with van der Waals surface area (Å²) < 4.78 is 0. The molecule has 0 aliphatic heterocycles. The molecule has 0 saturated carbocycles. The number of carbonyl (C=O) groups excluding carboxylic acids is 7. The van der Waals surface area contributed by atoms with E-state index in [9.17, 15) is 63.3 Å². The van der Waals surface area contributed by atoms with Gasteiger partial charge in [-0.3, -0.25) is 47.9 Å². The predicted molar refractivity (Wildman–Crippen MR) is 229 cm³/mol. The molecule has 18 nitrogen and oxygen atoms in total. The van der Waals surface area contributed by atoms with Gasteiger partial charge in [0, 0.05) is 56.3 Å². The van der Waals surface area contributed by atoms with Gasteiger partial charge in [-0.05, 0) is 55.4 Å².